The molecule has 1 aromatic rings. The van der Waals surface area contributed by atoms with E-state index in [0.29, 0.717) is 0 Å². The molecule has 0 aromatic heterocycles. The predicted octanol–water partition coefficient (Wildman–Crippen LogP) is 2.64. The molecule has 1 saturated heterocycles. The highest BCUT2D eigenvalue weighted by Crippen LogP contribution is 2.37. The molecule has 0 bridgehead atoms. The van der Waals surface area contributed by atoms with Gasteiger partial charge in [-0.1, -0.05) is 12.1 Å². The highest BCUT2D eigenvalue weighted by Gasteiger charge is 2.52. The van der Waals surface area contributed by atoms with Gasteiger partial charge in [-0.3, -0.25) is 0 Å². The number of benzene rings is 1. The SMILES string of the molecule is CC1(C)OB(c2ccc(CC3CC3)cc2O)OC1(C)C. The molecule has 0 radical (unpaired) electrons. The maximum atomic E-state index is 10.3. The summed E-state index contributed by atoms with van der Waals surface area (Å²) in [6.07, 6.45) is 3.71. The maximum absolute atomic E-state index is 10.3. The molecule has 108 valence electrons. The Balaban J connectivity index is 1.80. The third kappa shape index (κ3) is 2.47. The van der Waals surface area contributed by atoms with E-state index in [1.54, 1.807) is 0 Å². The second-order valence-electron chi connectivity index (χ2n) is 7.13. The molecule has 0 spiro atoms. The zero-order valence-corrected chi connectivity index (χ0v) is 12.8. The molecule has 3 rings (SSSR count). The minimum absolute atomic E-state index is 0.279. The van der Waals surface area contributed by atoms with Crippen molar-refractivity contribution in [1.82, 2.24) is 0 Å². The maximum Gasteiger partial charge on any atom is 0.498 e. The largest absolute Gasteiger partial charge is 0.508 e. The Hall–Kier alpha value is -0.995. The summed E-state index contributed by atoms with van der Waals surface area (Å²) in [6, 6.07) is 5.88. The minimum atomic E-state index is -0.491. The van der Waals surface area contributed by atoms with E-state index in [2.05, 4.69) is 6.07 Å². The molecule has 0 atom stereocenters. The third-order valence-corrected chi connectivity index (χ3v) is 4.82. The summed E-state index contributed by atoms with van der Waals surface area (Å²) < 4.78 is 12.0. The predicted molar refractivity (Wildman–Crippen MR) is 80.3 cm³/mol. The molecule has 1 aliphatic carbocycles. The lowest BCUT2D eigenvalue weighted by atomic mass is 9.78. The van der Waals surface area contributed by atoms with Crippen LogP contribution in [0.2, 0.25) is 0 Å². The number of aromatic hydroxyl groups is 1. The van der Waals surface area contributed by atoms with Crippen LogP contribution in [0.15, 0.2) is 18.2 Å². The zero-order valence-electron chi connectivity index (χ0n) is 12.8. The molecule has 2 aliphatic rings. The van der Waals surface area contributed by atoms with E-state index in [4.69, 9.17) is 9.31 Å². The summed E-state index contributed by atoms with van der Waals surface area (Å²) in [7, 11) is -0.491. The number of rotatable bonds is 3. The highest BCUT2D eigenvalue weighted by molar-refractivity contribution is 6.63. The molecular weight excluding hydrogens is 251 g/mol. The zero-order chi connectivity index (χ0) is 14.5. The van der Waals surface area contributed by atoms with Crippen LogP contribution in [0, 0.1) is 5.92 Å². The van der Waals surface area contributed by atoms with E-state index in [1.807, 2.05) is 39.8 Å². The van der Waals surface area contributed by atoms with Gasteiger partial charge in [0.15, 0.2) is 0 Å². The Kier molecular flexibility index (Phi) is 3.14. The molecule has 1 saturated carbocycles. The van der Waals surface area contributed by atoms with Gasteiger partial charge in [-0.05, 0) is 64.5 Å². The molecule has 0 unspecified atom stereocenters. The topological polar surface area (TPSA) is 38.7 Å². The van der Waals surface area contributed by atoms with Crippen LogP contribution < -0.4 is 5.46 Å². The molecule has 1 heterocycles. The van der Waals surface area contributed by atoms with E-state index in [1.165, 1.54) is 18.4 Å². The number of phenols is 1. The molecule has 0 amide bonds. The summed E-state index contributed by atoms with van der Waals surface area (Å²) in [5, 5.41) is 10.3. The average molecular weight is 274 g/mol. The van der Waals surface area contributed by atoms with E-state index < -0.39 is 7.12 Å². The average Bonchev–Trinajstić information content (AvgIpc) is 3.07. The Morgan fingerprint density at radius 2 is 1.75 bits per heavy atom. The van der Waals surface area contributed by atoms with Crippen molar-refractivity contribution >= 4 is 12.6 Å². The van der Waals surface area contributed by atoms with Crippen molar-refractivity contribution < 1.29 is 14.4 Å². The van der Waals surface area contributed by atoms with Gasteiger partial charge < -0.3 is 14.4 Å². The number of phenolic OH excluding ortho intramolecular Hbond substituents is 1. The second kappa shape index (κ2) is 4.50. The number of hydrogen-bond donors (Lipinski definition) is 1. The first-order chi connectivity index (χ1) is 9.28. The van der Waals surface area contributed by atoms with Gasteiger partial charge in [0.1, 0.15) is 5.75 Å². The van der Waals surface area contributed by atoms with Crippen molar-refractivity contribution in [2.45, 2.75) is 58.2 Å². The first kappa shape index (κ1) is 14.0. The summed E-state index contributed by atoms with van der Waals surface area (Å²) in [5.41, 5.74) is 1.17. The van der Waals surface area contributed by atoms with Crippen molar-refractivity contribution in [3.63, 3.8) is 0 Å². The summed E-state index contributed by atoms with van der Waals surface area (Å²) in [4.78, 5) is 0. The number of hydrogen-bond acceptors (Lipinski definition) is 3. The van der Waals surface area contributed by atoms with Gasteiger partial charge >= 0.3 is 7.12 Å². The first-order valence-electron chi connectivity index (χ1n) is 7.46. The van der Waals surface area contributed by atoms with Crippen molar-refractivity contribution in [2.24, 2.45) is 5.92 Å². The smallest absolute Gasteiger partial charge is 0.498 e. The fourth-order valence-electron chi connectivity index (χ4n) is 2.54. The molecule has 1 aromatic carbocycles. The fourth-order valence-corrected chi connectivity index (χ4v) is 2.54. The van der Waals surface area contributed by atoms with Crippen molar-refractivity contribution in [3.8, 4) is 5.75 Å². The summed E-state index contributed by atoms with van der Waals surface area (Å²) >= 11 is 0. The van der Waals surface area contributed by atoms with Crippen LogP contribution in [0.1, 0.15) is 46.1 Å². The Labute approximate surface area is 121 Å². The van der Waals surface area contributed by atoms with Crippen LogP contribution in [0.25, 0.3) is 0 Å². The van der Waals surface area contributed by atoms with Crippen molar-refractivity contribution in [2.75, 3.05) is 0 Å². The van der Waals surface area contributed by atoms with E-state index in [9.17, 15) is 5.11 Å². The van der Waals surface area contributed by atoms with Crippen molar-refractivity contribution in [3.05, 3.63) is 23.8 Å². The van der Waals surface area contributed by atoms with Gasteiger partial charge in [0.25, 0.3) is 0 Å². The molecular formula is C16H23BO3. The molecule has 4 heteroatoms. The van der Waals surface area contributed by atoms with Gasteiger partial charge in [0.2, 0.25) is 0 Å². The van der Waals surface area contributed by atoms with E-state index >= 15 is 0 Å². The van der Waals surface area contributed by atoms with Crippen LogP contribution >= 0.6 is 0 Å². The molecule has 20 heavy (non-hydrogen) atoms. The lowest BCUT2D eigenvalue weighted by Crippen LogP contribution is -2.41. The molecule has 1 N–H and O–H groups in total. The van der Waals surface area contributed by atoms with E-state index in [-0.39, 0.29) is 17.0 Å². The van der Waals surface area contributed by atoms with Gasteiger partial charge in [-0.25, -0.2) is 0 Å². The van der Waals surface area contributed by atoms with Gasteiger partial charge in [0, 0.05) is 5.46 Å². The van der Waals surface area contributed by atoms with Crippen molar-refractivity contribution in [1.29, 1.82) is 0 Å². The summed E-state index contributed by atoms with van der Waals surface area (Å²) in [5.74, 6) is 1.10. The van der Waals surface area contributed by atoms with Gasteiger partial charge in [-0.15, -0.1) is 0 Å². The standard InChI is InChI=1S/C16H23BO3/c1-15(2)16(3,4)20-17(19-15)13-8-7-12(10-14(13)18)9-11-5-6-11/h7-8,10-11,18H,5-6,9H2,1-4H3. The quantitative estimate of drug-likeness (QED) is 0.861. The molecule has 3 nitrogen and oxygen atoms in total. The minimum Gasteiger partial charge on any atom is -0.508 e. The Bertz CT molecular complexity index is 504. The van der Waals surface area contributed by atoms with Crippen LogP contribution in [0.3, 0.4) is 0 Å². The van der Waals surface area contributed by atoms with Crippen LogP contribution in [0.4, 0.5) is 0 Å². The van der Waals surface area contributed by atoms with Gasteiger partial charge in [0.05, 0.1) is 11.2 Å². The lowest BCUT2D eigenvalue weighted by molar-refractivity contribution is 0.00578. The van der Waals surface area contributed by atoms with Crippen LogP contribution in [0.5, 0.6) is 5.75 Å². The normalized spacial score (nSPS) is 24.1. The van der Waals surface area contributed by atoms with Crippen LogP contribution in [-0.2, 0) is 15.7 Å². The van der Waals surface area contributed by atoms with Crippen LogP contribution in [-0.4, -0.2) is 23.4 Å². The fraction of sp³-hybridized carbons (Fsp3) is 0.625. The van der Waals surface area contributed by atoms with Gasteiger partial charge in [-0.2, -0.15) is 0 Å². The first-order valence-corrected chi connectivity index (χ1v) is 7.46. The molecule has 2 fully saturated rings. The Morgan fingerprint density at radius 3 is 2.25 bits per heavy atom. The van der Waals surface area contributed by atoms with E-state index in [0.717, 1.165) is 17.8 Å². The summed E-state index contributed by atoms with van der Waals surface area (Å²) in [6.45, 7) is 8.08. The highest BCUT2D eigenvalue weighted by atomic mass is 16.7. The lowest BCUT2D eigenvalue weighted by Gasteiger charge is -2.32. The Morgan fingerprint density at radius 1 is 1.15 bits per heavy atom. The third-order valence-electron chi connectivity index (χ3n) is 4.82. The second-order valence-corrected chi connectivity index (χ2v) is 7.13. The molecule has 1 aliphatic heterocycles. The monoisotopic (exact) mass is 274 g/mol.